The third kappa shape index (κ3) is 3.72. The lowest BCUT2D eigenvalue weighted by atomic mass is 10.1. The molecule has 0 unspecified atom stereocenters. The molecule has 1 amide bonds. The van der Waals surface area contributed by atoms with Gasteiger partial charge in [-0.05, 0) is 45.5 Å². The van der Waals surface area contributed by atoms with E-state index < -0.39 is 0 Å². The fraction of sp³-hybridized carbons (Fsp3) is 0.0556. The summed E-state index contributed by atoms with van der Waals surface area (Å²) in [5.41, 5.74) is 2.13. The van der Waals surface area contributed by atoms with Gasteiger partial charge >= 0.3 is 0 Å². The second-order valence-electron chi connectivity index (χ2n) is 4.76. The summed E-state index contributed by atoms with van der Waals surface area (Å²) in [6.07, 6.45) is 3.42. The molecule has 0 radical (unpaired) electrons. The summed E-state index contributed by atoms with van der Waals surface area (Å²) >= 11 is 3.27. The Kier molecular flexibility index (Phi) is 4.83. The monoisotopic (exact) mass is 325 g/mol. The van der Waals surface area contributed by atoms with Crippen LogP contribution in [0.4, 0.5) is 0 Å². The van der Waals surface area contributed by atoms with E-state index in [9.17, 15) is 4.79 Å². The summed E-state index contributed by atoms with van der Waals surface area (Å²) in [5, 5.41) is 9.12. The molecule has 110 valence electrons. The van der Waals surface area contributed by atoms with Crippen LogP contribution in [0.3, 0.4) is 0 Å². The van der Waals surface area contributed by atoms with Crippen molar-refractivity contribution in [3.8, 4) is 0 Å². The van der Waals surface area contributed by atoms with E-state index in [1.165, 1.54) is 0 Å². The Morgan fingerprint density at radius 3 is 2.59 bits per heavy atom. The van der Waals surface area contributed by atoms with Crippen LogP contribution >= 0.6 is 22.7 Å². The molecule has 4 heteroatoms. The van der Waals surface area contributed by atoms with Gasteiger partial charge in [-0.3, -0.25) is 4.79 Å². The second-order valence-corrected chi connectivity index (χ2v) is 6.52. The normalized spacial score (nSPS) is 12.4. The predicted octanol–water partition coefficient (Wildman–Crippen LogP) is 4.73. The molecule has 2 nitrogen and oxygen atoms in total. The first-order valence-corrected chi connectivity index (χ1v) is 8.74. The summed E-state index contributed by atoms with van der Waals surface area (Å²) in [6.45, 7) is 0. The largest absolute Gasteiger partial charge is 0.341 e. The van der Waals surface area contributed by atoms with Gasteiger partial charge in [-0.2, -0.15) is 11.3 Å². The van der Waals surface area contributed by atoms with Crippen molar-refractivity contribution in [2.75, 3.05) is 0 Å². The van der Waals surface area contributed by atoms with Crippen LogP contribution in [0.5, 0.6) is 0 Å². The molecule has 0 spiro atoms. The van der Waals surface area contributed by atoms with Crippen molar-refractivity contribution in [2.24, 2.45) is 0 Å². The number of rotatable bonds is 5. The highest BCUT2D eigenvalue weighted by Gasteiger charge is 2.16. The number of hydrogen-bond acceptors (Lipinski definition) is 3. The van der Waals surface area contributed by atoms with Crippen LogP contribution in [0.2, 0.25) is 0 Å². The minimum absolute atomic E-state index is 0.0894. The predicted molar refractivity (Wildman–Crippen MR) is 94.1 cm³/mol. The maximum atomic E-state index is 12.2. The summed E-state index contributed by atoms with van der Waals surface area (Å²) in [4.78, 5) is 13.4. The van der Waals surface area contributed by atoms with Crippen molar-refractivity contribution in [2.45, 2.75) is 6.04 Å². The van der Waals surface area contributed by atoms with E-state index in [4.69, 9.17) is 0 Å². The van der Waals surface area contributed by atoms with Gasteiger partial charge in [0.15, 0.2) is 0 Å². The van der Waals surface area contributed by atoms with Crippen molar-refractivity contribution in [1.82, 2.24) is 5.32 Å². The molecule has 2 aromatic heterocycles. The molecule has 0 aliphatic carbocycles. The van der Waals surface area contributed by atoms with Gasteiger partial charge in [0.25, 0.3) is 0 Å². The third-order valence-corrected chi connectivity index (χ3v) is 4.86. The van der Waals surface area contributed by atoms with Gasteiger partial charge in [-0.1, -0.05) is 36.4 Å². The Balaban J connectivity index is 1.77. The minimum atomic E-state index is -0.110. The molecule has 0 aliphatic rings. The molecule has 0 saturated carbocycles. The van der Waals surface area contributed by atoms with Crippen LogP contribution in [0.25, 0.3) is 6.08 Å². The van der Waals surface area contributed by atoms with Gasteiger partial charge in [0.05, 0.1) is 6.04 Å². The molecular formula is C18H15NOS2. The van der Waals surface area contributed by atoms with Crippen LogP contribution in [0, 0.1) is 0 Å². The SMILES string of the molecule is O=C(/C=C/c1ccsc1)N[C@@H](c1ccccc1)c1cccs1. The molecule has 3 rings (SSSR count). The molecule has 1 atom stereocenters. The minimum Gasteiger partial charge on any atom is -0.341 e. The Hall–Kier alpha value is -2.17. The molecule has 1 aromatic carbocycles. The third-order valence-electron chi connectivity index (χ3n) is 3.22. The van der Waals surface area contributed by atoms with Crippen molar-refractivity contribution in [3.05, 3.63) is 86.8 Å². The van der Waals surface area contributed by atoms with Crippen LogP contribution in [-0.2, 0) is 4.79 Å². The van der Waals surface area contributed by atoms with Gasteiger partial charge in [0, 0.05) is 11.0 Å². The highest BCUT2D eigenvalue weighted by molar-refractivity contribution is 7.10. The van der Waals surface area contributed by atoms with Crippen molar-refractivity contribution < 1.29 is 4.79 Å². The van der Waals surface area contributed by atoms with Gasteiger partial charge in [-0.15, -0.1) is 11.3 Å². The van der Waals surface area contributed by atoms with Gasteiger partial charge in [-0.25, -0.2) is 0 Å². The summed E-state index contributed by atoms with van der Waals surface area (Å²) in [7, 11) is 0. The Morgan fingerprint density at radius 2 is 1.91 bits per heavy atom. The summed E-state index contributed by atoms with van der Waals surface area (Å²) < 4.78 is 0. The number of benzene rings is 1. The average Bonchev–Trinajstić information content (AvgIpc) is 3.25. The zero-order chi connectivity index (χ0) is 15.2. The first-order valence-electron chi connectivity index (χ1n) is 6.92. The van der Waals surface area contributed by atoms with Crippen LogP contribution in [0.15, 0.2) is 70.7 Å². The topological polar surface area (TPSA) is 29.1 Å². The second kappa shape index (κ2) is 7.20. The Labute approximate surface area is 137 Å². The van der Waals surface area contributed by atoms with E-state index in [1.807, 2.05) is 70.7 Å². The van der Waals surface area contributed by atoms with Gasteiger partial charge in [0.1, 0.15) is 0 Å². The first-order chi connectivity index (χ1) is 10.8. The summed E-state index contributed by atoms with van der Waals surface area (Å²) in [5.74, 6) is -0.0894. The highest BCUT2D eigenvalue weighted by atomic mass is 32.1. The summed E-state index contributed by atoms with van der Waals surface area (Å²) in [6, 6.07) is 16.0. The van der Waals surface area contributed by atoms with Crippen LogP contribution < -0.4 is 5.32 Å². The van der Waals surface area contributed by atoms with E-state index in [0.717, 1.165) is 16.0 Å². The standard InChI is InChI=1S/C18H15NOS2/c20-17(9-8-14-10-12-21-13-14)19-18(16-7-4-11-22-16)15-5-2-1-3-6-15/h1-13,18H,(H,19,20)/b9-8+/t18-/m0/s1. The molecule has 0 aliphatic heterocycles. The highest BCUT2D eigenvalue weighted by Crippen LogP contribution is 2.25. The molecule has 0 bridgehead atoms. The van der Waals surface area contributed by atoms with Crippen LogP contribution in [0.1, 0.15) is 22.0 Å². The van der Waals surface area contributed by atoms with Crippen molar-refractivity contribution >= 4 is 34.7 Å². The quantitative estimate of drug-likeness (QED) is 0.675. The molecule has 0 saturated heterocycles. The fourth-order valence-corrected chi connectivity index (χ4v) is 3.58. The molecule has 1 N–H and O–H groups in total. The van der Waals surface area contributed by atoms with E-state index in [-0.39, 0.29) is 11.9 Å². The lowest BCUT2D eigenvalue weighted by Crippen LogP contribution is -2.27. The number of amides is 1. The maximum Gasteiger partial charge on any atom is 0.244 e. The maximum absolute atomic E-state index is 12.2. The van der Waals surface area contributed by atoms with Gasteiger partial charge < -0.3 is 5.32 Å². The zero-order valence-corrected chi connectivity index (χ0v) is 13.4. The molecule has 3 aromatic rings. The smallest absolute Gasteiger partial charge is 0.244 e. The fourth-order valence-electron chi connectivity index (χ4n) is 2.15. The van der Waals surface area contributed by atoms with Crippen LogP contribution in [-0.4, -0.2) is 5.91 Å². The lowest BCUT2D eigenvalue weighted by Gasteiger charge is -2.17. The molecule has 22 heavy (non-hydrogen) atoms. The van der Waals surface area contributed by atoms with E-state index in [0.29, 0.717) is 0 Å². The van der Waals surface area contributed by atoms with Crippen molar-refractivity contribution in [1.29, 1.82) is 0 Å². The number of nitrogens with one attached hydrogen (secondary N) is 1. The Bertz CT molecular complexity index is 731. The van der Waals surface area contributed by atoms with E-state index in [2.05, 4.69) is 5.32 Å². The lowest BCUT2D eigenvalue weighted by molar-refractivity contribution is -0.116. The number of carbonyl (C=O) groups is 1. The number of thiophene rings is 2. The Morgan fingerprint density at radius 1 is 1.05 bits per heavy atom. The number of hydrogen-bond donors (Lipinski definition) is 1. The molecule has 2 heterocycles. The first kappa shape index (κ1) is 14.8. The average molecular weight is 325 g/mol. The van der Waals surface area contributed by atoms with E-state index >= 15 is 0 Å². The molecular weight excluding hydrogens is 310 g/mol. The zero-order valence-electron chi connectivity index (χ0n) is 11.8. The van der Waals surface area contributed by atoms with E-state index in [1.54, 1.807) is 28.7 Å². The number of carbonyl (C=O) groups excluding carboxylic acids is 1. The van der Waals surface area contributed by atoms with Crippen molar-refractivity contribution in [3.63, 3.8) is 0 Å². The molecule has 0 fully saturated rings. The van der Waals surface area contributed by atoms with Gasteiger partial charge in [0.2, 0.25) is 5.91 Å².